The van der Waals surface area contributed by atoms with Gasteiger partial charge in [-0.05, 0) is 24.6 Å². The van der Waals surface area contributed by atoms with Crippen LogP contribution in [0.2, 0.25) is 0 Å². The molecule has 5 nitrogen and oxygen atoms in total. The smallest absolute Gasteiger partial charge is 0.254 e. The van der Waals surface area contributed by atoms with E-state index in [1.165, 1.54) is 0 Å². The van der Waals surface area contributed by atoms with Crippen LogP contribution in [0.3, 0.4) is 0 Å². The van der Waals surface area contributed by atoms with Crippen LogP contribution in [0.25, 0.3) is 0 Å². The molecule has 1 saturated heterocycles. The summed E-state index contributed by atoms with van der Waals surface area (Å²) in [6.45, 7) is 1.59. The molecule has 2 rings (SSSR count). The average Bonchev–Trinajstić information content (AvgIpc) is 2.69. The fourth-order valence-electron chi connectivity index (χ4n) is 2.05. The number of rotatable bonds is 1. The molecule has 3 N–H and O–H groups in total. The molecule has 0 bridgehead atoms. The summed E-state index contributed by atoms with van der Waals surface area (Å²) in [5.41, 5.74) is 6.63. The number of hydrogen-bond acceptors (Lipinski definition) is 3. The Kier molecular flexibility index (Phi) is 4.75. The largest absolute Gasteiger partial charge is 0.354 e. The second kappa shape index (κ2) is 6.73. The van der Waals surface area contributed by atoms with E-state index in [-0.39, 0.29) is 24.9 Å². The van der Waals surface area contributed by atoms with Gasteiger partial charge in [-0.3, -0.25) is 9.59 Å². The maximum atomic E-state index is 12.4. The molecule has 1 aromatic carbocycles. The Balaban J connectivity index is 2.17. The summed E-state index contributed by atoms with van der Waals surface area (Å²) in [6.07, 6.45) is 0.768. The Hall–Kier alpha value is -2.32. The van der Waals surface area contributed by atoms with Crippen LogP contribution in [0.15, 0.2) is 24.3 Å². The number of amides is 2. The van der Waals surface area contributed by atoms with Crippen LogP contribution in [-0.4, -0.2) is 42.9 Å². The van der Waals surface area contributed by atoms with E-state index in [1.54, 1.807) is 23.1 Å². The van der Waals surface area contributed by atoms with Crippen molar-refractivity contribution in [3.63, 3.8) is 0 Å². The highest BCUT2D eigenvalue weighted by Crippen LogP contribution is 2.09. The van der Waals surface area contributed by atoms with Crippen LogP contribution in [-0.2, 0) is 4.79 Å². The Bertz CT molecular complexity index is 572. The summed E-state index contributed by atoms with van der Waals surface area (Å²) in [5, 5.41) is 2.75. The molecule has 0 radical (unpaired) electrons. The second-order valence-corrected chi connectivity index (χ2v) is 4.52. The number of nitrogens with one attached hydrogen (secondary N) is 1. The van der Waals surface area contributed by atoms with Crippen molar-refractivity contribution < 1.29 is 9.59 Å². The van der Waals surface area contributed by atoms with Crippen LogP contribution < -0.4 is 11.1 Å². The van der Waals surface area contributed by atoms with Crippen LogP contribution in [0.4, 0.5) is 0 Å². The third-order valence-electron chi connectivity index (χ3n) is 2.99. The van der Waals surface area contributed by atoms with E-state index < -0.39 is 0 Å². The predicted octanol–water partition coefficient (Wildman–Crippen LogP) is -0.0411. The maximum absolute atomic E-state index is 12.4. The molecule has 0 aliphatic carbocycles. The summed E-state index contributed by atoms with van der Waals surface area (Å²) in [7, 11) is 0. The quantitative estimate of drug-likeness (QED) is 0.704. The number of hydrogen-bond donors (Lipinski definition) is 2. The Morgan fingerprint density at radius 2 is 2.30 bits per heavy atom. The molecule has 1 heterocycles. The van der Waals surface area contributed by atoms with Crippen molar-refractivity contribution in [1.29, 1.82) is 0 Å². The summed E-state index contributed by atoms with van der Waals surface area (Å²) in [6, 6.07) is 7.08. The first kappa shape index (κ1) is 14.1. The van der Waals surface area contributed by atoms with Crippen molar-refractivity contribution in [2.75, 3.05) is 26.2 Å². The minimum Gasteiger partial charge on any atom is -0.354 e. The first-order valence-corrected chi connectivity index (χ1v) is 6.55. The molecule has 20 heavy (non-hydrogen) atoms. The van der Waals surface area contributed by atoms with Gasteiger partial charge in [0.2, 0.25) is 5.91 Å². The van der Waals surface area contributed by atoms with Gasteiger partial charge in [-0.15, -0.1) is 0 Å². The van der Waals surface area contributed by atoms with E-state index in [9.17, 15) is 9.59 Å². The molecular weight excluding hydrogens is 254 g/mol. The van der Waals surface area contributed by atoms with E-state index >= 15 is 0 Å². The van der Waals surface area contributed by atoms with E-state index in [4.69, 9.17) is 5.73 Å². The lowest BCUT2D eigenvalue weighted by Gasteiger charge is -2.19. The van der Waals surface area contributed by atoms with E-state index in [0.29, 0.717) is 18.7 Å². The molecule has 1 fully saturated rings. The van der Waals surface area contributed by atoms with E-state index in [1.807, 2.05) is 6.07 Å². The third kappa shape index (κ3) is 3.59. The number of carbonyl (C=O) groups is 2. The van der Waals surface area contributed by atoms with Crippen LogP contribution in [0, 0.1) is 11.8 Å². The van der Waals surface area contributed by atoms with E-state index in [0.717, 1.165) is 12.0 Å². The standard InChI is InChI=1S/C15H17N3O2/c16-7-2-5-12-4-1-6-13(10-12)15(20)18-9-3-8-17-14(19)11-18/h1,4,6,10H,3,7-9,11,16H2,(H,17,19). The first-order chi connectivity index (χ1) is 9.70. The highest BCUT2D eigenvalue weighted by molar-refractivity contribution is 5.97. The molecule has 1 aliphatic rings. The average molecular weight is 271 g/mol. The lowest BCUT2D eigenvalue weighted by molar-refractivity contribution is -0.121. The molecule has 0 aromatic heterocycles. The number of benzene rings is 1. The molecule has 0 unspecified atom stereocenters. The third-order valence-corrected chi connectivity index (χ3v) is 2.99. The highest BCUT2D eigenvalue weighted by atomic mass is 16.2. The van der Waals surface area contributed by atoms with Crippen LogP contribution >= 0.6 is 0 Å². The molecule has 5 heteroatoms. The lowest BCUT2D eigenvalue weighted by Crippen LogP contribution is -2.37. The fourth-order valence-corrected chi connectivity index (χ4v) is 2.05. The van der Waals surface area contributed by atoms with E-state index in [2.05, 4.69) is 17.2 Å². The zero-order valence-corrected chi connectivity index (χ0v) is 11.2. The highest BCUT2D eigenvalue weighted by Gasteiger charge is 2.20. The van der Waals surface area contributed by atoms with Gasteiger partial charge in [0.05, 0.1) is 13.1 Å². The molecule has 104 valence electrons. The zero-order chi connectivity index (χ0) is 14.4. The monoisotopic (exact) mass is 271 g/mol. The molecular formula is C15H17N3O2. The van der Waals surface area contributed by atoms with Crippen molar-refractivity contribution in [1.82, 2.24) is 10.2 Å². The lowest BCUT2D eigenvalue weighted by atomic mass is 10.1. The molecule has 0 atom stereocenters. The molecule has 0 spiro atoms. The topological polar surface area (TPSA) is 75.4 Å². The number of carbonyl (C=O) groups excluding carboxylic acids is 2. The van der Waals surface area contributed by atoms with Crippen molar-refractivity contribution >= 4 is 11.8 Å². The summed E-state index contributed by atoms with van der Waals surface area (Å²) in [4.78, 5) is 25.5. The van der Waals surface area contributed by atoms with Crippen molar-refractivity contribution in [2.24, 2.45) is 5.73 Å². The second-order valence-electron chi connectivity index (χ2n) is 4.52. The first-order valence-electron chi connectivity index (χ1n) is 6.55. The summed E-state index contributed by atoms with van der Waals surface area (Å²) >= 11 is 0. The summed E-state index contributed by atoms with van der Waals surface area (Å²) < 4.78 is 0. The van der Waals surface area contributed by atoms with Gasteiger partial charge in [-0.25, -0.2) is 0 Å². The van der Waals surface area contributed by atoms with Gasteiger partial charge in [0.1, 0.15) is 0 Å². The number of nitrogens with two attached hydrogens (primary N) is 1. The maximum Gasteiger partial charge on any atom is 0.254 e. The van der Waals surface area contributed by atoms with Gasteiger partial charge in [-0.1, -0.05) is 17.9 Å². The molecule has 1 aliphatic heterocycles. The minimum atomic E-state index is -0.140. The molecule has 2 amide bonds. The minimum absolute atomic E-state index is 0.109. The molecule has 0 saturated carbocycles. The normalized spacial score (nSPS) is 14.8. The van der Waals surface area contributed by atoms with Crippen molar-refractivity contribution in [2.45, 2.75) is 6.42 Å². The van der Waals surface area contributed by atoms with Crippen LogP contribution in [0.5, 0.6) is 0 Å². The SMILES string of the molecule is NCC#Cc1cccc(C(=O)N2CCCNC(=O)C2)c1. The van der Waals surface area contributed by atoms with Gasteiger partial charge in [0.25, 0.3) is 5.91 Å². The Morgan fingerprint density at radius 3 is 3.10 bits per heavy atom. The van der Waals surface area contributed by atoms with Crippen molar-refractivity contribution in [3.05, 3.63) is 35.4 Å². The zero-order valence-electron chi connectivity index (χ0n) is 11.2. The Labute approximate surface area is 118 Å². The van der Waals surface area contributed by atoms with Gasteiger partial charge >= 0.3 is 0 Å². The Morgan fingerprint density at radius 1 is 1.45 bits per heavy atom. The fraction of sp³-hybridized carbons (Fsp3) is 0.333. The number of nitrogens with zero attached hydrogens (tertiary/aromatic N) is 1. The van der Waals surface area contributed by atoms with Crippen molar-refractivity contribution in [3.8, 4) is 11.8 Å². The summed E-state index contributed by atoms with van der Waals surface area (Å²) in [5.74, 6) is 5.40. The van der Waals surface area contributed by atoms with Crippen LogP contribution in [0.1, 0.15) is 22.3 Å². The van der Waals surface area contributed by atoms with Gasteiger partial charge < -0.3 is 16.0 Å². The predicted molar refractivity (Wildman–Crippen MR) is 75.9 cm³/mol. The van der Waals surface area contributed by atoms with Gasteiger partial charge in [-0.2, -0.15) is 0 Å². The van der Waals surface area contributed by atoms with Gasteiger partial charge in [0.15, 0.2) is 0 Å². The molecule has 1 aromatic rings. The van der Waals surface area contributed by atoms with Gasteiger partial charge in [0, 0.05) is 24.2 Å².